The van der Waals surface area contributed by atoms with Crippen LogP contribution in [0.5, 0.6) is 0 Å². The summed E-state index contributed by atoms with van der Waals surface area (Å²) < 4.78 is 5.12. The Labute approximate surface area is 131 Å². The lowest BCUT2D eigenvalue weighted by Gasteiger charge is -2.22. The number of rotatable bonds is 5. The van der Waals surface area contributed by atoms with Gasteiger partial charge in [0.1, 0.15) is 0 Å². The average Bonchev–Trinajstić information content (AvgIpc) is 2.78. The third kappa shape index (κ3) is 4.70. The van der Waals surface area contributed by atoms with Gasteiger partial charge in [-0.25, -0.2) is 0 Å². The van der Waals surface area contributed by atoms with Crippen LogP contribution in [0.4, 0.5) is 0 Å². The zero-order valence-electron chi connectivity index (χ0n) is 12.6. The van der Waals surface area contributed by atoms with Crippen LogP contribution in [0, 0.1) is 0 Å². The molecular formula is C16H23ClN2O2. The molecule has 0 atom stereocenters. The summed E-state index contributed by atoms with van der Waals surface area (Å²) in [5, 5.41) is 0. The minimum atomic E-state index is 0.115. The second kappa shape index (κ2) is 8.37. The number of halogens is 1. The number of carbonyl (C=O) groups is 1. The van der Waals surface area contributed by atoms with E-state index in [-0.39, 0.29) is 5.91 Å². The third-order valence-corrected chi connectivity index (χ3v) is 4.15. The van der Waals surface area contributed by atoms with E-state index < -0.39 is 0 Å². The summed E-state index contributed by atoms with van der Waals surface area (Å²) in [7, 11) is 1.72. The number of benzene rings is 1. The summed E-state index contributed by atoms with van der Waals surface area (Å²) >= 11 is 5.78. The molecule has 0 spiro atoms. The summed E-state index contributed by atoms with van der Waals surface area (Å²) in [4.78, 5) is 16.8. The molecule has 1 aromatic carbocycles. The fraction of sp³-hybridized carbons (Fsp3) is 0.562. The van der Waals surface area contributed by atoms with E-state index in [0.29, 0.717) is 5.88 Å². The second-order valence-electron chi connectivity index (χ2n) is 5.31. The van der Waals surface area contributed by atoms with Gasteiger partial charge in [0.2, 0.25) is 0 Å². The highest BCUT2D eigenvalue weighted by Crippen LogP contribution is 2.12. The fourth-order valence-corrected chi connectivity index (χ4v) is 2.72. The highest BCUT2D eigenvalue weighted by molar-refractivity contribution is 6.17. The van der Waals surface area contributed by atoms with Crippen LogP contribution in [0.2, 0.25) is 0 Å². The molecule has 0 unspecified atom stereocenters. The smallest absolute Gasteiger partial charge is 0.253 e. The molecule has 4 nitrogen and oxygen atoms in total. The van der Waals surface area contributed by atoms with E-state index in [1.54, 1.807) is 7.11 Å². The average molecular weight is 311 g/mol. The molecule has 0 saturated carbocycles. The minimum absolute atomic E-state index is 0.115. The summed E-state index contributed by atoms with van der Waals surface area (Å²) in [6.07, 6.45) is 1.01. The van der Waals surface area contributed by atoms with Gasteiger partial charge in [0.05, 0.1) is 6.61 Å². The Balaban J connectivity index is 1.92. The molecule has 1 saturated heterocycles. The first kappa shape index (κ1) is 16.3. The third-order valence-electron chi connectivity index (χ3n) is 3.84. The van der Waals surface area contributed by atoms with Gasteiger partial charge in [-0.05, 0) is 30.7 Å². The van der Waals surface area contributed by atoms with Gasteiger partial charge < -0.3 is 9.64 Å². The summed E-state index contributed by atoms with van der Waals surface area (Å²) in [6, 6.07) is 7.58. The lowest BCUT2D eigenvalue weighted by molar-refractivity contribution is 0.0759. The van der Waals surface area contributed by atoms with Crippen LogP contribution in [0.15, 0.2) is 24.3 Å². The van der Waals surface area contributed by atoms with Crippen molar-refractivity contribution < 1.29 is 9.53 Å². The van der Waals surface area contributed by atoms with Gasteiger partial charge in [0.25, 0.3) is 5.91 Å². The maximum absolute atomic E-state index is 12.5. The Morgan fingerprint density at radius 3 is 2.62 bits per heavy atom. The highest BCUT2D eigenvalue weighted by atomic mass is 35.5. The zero-order chi connectivity index (χ0) is 15.1. The highest BCUT2D eigenvalue weighted by Gasteiger charge is 2.19. The van der Waals surface area contributed by atoms with Crippen molar-refractivity contribution in [3.63, 3.8) is 0 Å². The Kier molecular flexibility index (Phi) is 6.49. The Morgan fingerprint density at radius 2 is 1.95 bits per heavy atom. The molecule has 1 heterocycles. The molecule has 0 N–H and O–H groups in total. The van der Waals surface area contributed by atoms with Crippen molar-refractivity contribution in [3.8, 4) is 0 Å². The lowest BCUT2D eigenvalue weighted by atomic mass is 10.1. The molecule has 1 aliphatic rings. The van der Waals surface area contributed by atoms with Gasteiger partial charge in [-0.15, -0.1) is 11.6 Å². The first-order valence-corrected chi connectivity index (χ1v) is 7.93. The molecule has 0 aromatic heterocycles. The molecule has 2 rings (SSSR count). The lowest BCUT2D eigenvalue weighted by Crippen LogP contribution is -2.36. The largest absolute Gasteiger partial charge is 0.383 e. The first-order valence-electron chi connectivity index (χ1n) is 7.40. The van der Waals surface area contributed by atoms with Crippen molar-refractivity contribution in [2.75, 3.05) is 46.4 Å². The minimum Gasteiger partial charge on any atom is -0.383 e. The van der Waals surface area contributed by atoms with Crippen LogP contribution in [0.1, 0.15) is 22.3 Å². The normalized spacial score (nSPS) is 16.8. The van der Waals surface area contributed by atoms with Gasteiger partial charge in [-0.1, -0.05) is 12.1 Å². The van der Waals surface area contributed by atoms with Crippen LogP contribution >= 0.6 is 11.6 Å². The van der Waals surface area contributed by atoms with Crippen molar-refractivity contribution in [1.29, 1.82) is 0 Å². The van der Waals surface area contributed by atoms with Crippen molar-refractivity contribution in [3.05, 3.63) is 35.4 Å². The first-order chi connectivity index (χ1) is 10.2. The summed E-state index contributed by atoms with van der Waals surface area (Å²) in [6.45, 7) is 5.21. The van der Waals surface area contributed by atoms with E-state index >= 15 is 0 Å². The van der Waals surface area contributed by atoms with Crippen molar-refractivity contribution >= 4 is 17.5 Å². The van der Waals surface area contributed by atoms with Crippen LogP contribution in [-0.2, 0) is 10.6 Å². The molecule has 0 bridgehead atoms. The summed E-state index contributed by atoms with van der Waals surface area (Å²) in [5.74, 6) is 0.594. The number of hydrogen-bond donors (Lipinski definition) is 0. The molecule has 0 radical (unpaired) electrons. The van der Waals surface area contributed by atoms with E-state index in [1.807, 2.05) is 29.2 Å². The monoisotopic (exact) mass is 310 g/mol. The van der Waals surface area contributed by atoms with Crippen molar-refractivity contribution in [2.24, 2.45) is 0 Å². The molecule has 1 aromatic rings. The number of amides is 1. The number of hydrogen-bond acceptors (Lipinski definition) is 3. The topological polar surface area (TPSA) is 32.8 Å². The standard InChI is InChI=1S/C16H23ClN2O2/c1-21-12-11-18-7-2-8-19(10-9-18)16(20)15-5-3-14(13-17)4-6-15/h3-6H,2,7-13H2,1H3. The van der Waals surface area contributed by atoms with Gasteiger partial charge in [-0.3, -0.25) is 9.69 Å². The molecular weight excluding hydrogens is 288 g/mol. The van der Waals surface area contributed by atoms with E-state index in [2.05, 4.69) is 4.90 Å². The Morgan fingerprint density at radius 1 is 1.19 bits per heavy atom. The number of methoxy groups -OCH3 is 1. The van der Waals surface area contributed by atoms with E-state index in [1.165, 1.54) is 0 Å². The molecule has 5 heteroatoms. The van der Waals surface area contributed by atoms with Gasteiger partial charge in [-0.2, -0.15) is 0 Å². The van der Waals surface area contributed by atoms with Crippen LogP contribution < -0.4 is 0 Å². The molecule has 1 amide bonds. The van der Waals surface area contributed by atoms with Crippen molar-refractivity contribution in [1.82, 2.24) is 9.80 Å². The van der Waals surface area contributed by atoms with Crippen LogP contribution in [0.25, 0.3) is 0 Å². The maximum Gasteiger partial charge on any atom is 0.253 e. The number of nitrogens with zero attached hydrogens (tertiary/aromatic N) is 2. The quantitative estimate of drug-likeness (QED) is 0.782. The SMILES string of the molecule is COCCN1CCCN(C(=O)c2ccc(CCl)cc2)CC1. The number of alkyl halides is 1. The van der Waals surface area contributed by atoms with E-state index in [4.69, 9.17) is 16.3 Å². The van der Waals surface area contributed by atoms with Gasteiger partial charge in [0, 0.05) is 44.7 Å². The van der Waals surface area contributed by atoms with Gasteiger partial charge in [0.15, 0.2) is 0 Å². The second-order valence-corrected chi connectivity index (χ2v) is 5.58. The van der Waals surface area contributed by atoms with Crippen molar-refractivity contribution in [2.45, 2.75) is 12.3 Å². The van der Waals surface area contributed by atoms with E-state index in [0.717, 1.165) is 56.9 Å². The number of carbonyl (C=O) groups excluding carboxylic acids is 1. The van der Waals surface area contributed by atoms with Crippen LogP contribution in [-0.4, -0.2) is 62.1 Å². The summed E-state index contributed by atoms with van der Waals surface area (Å²) in [5.41, 5.74) is 1.78. The fourth-order valence-electron chi connectivity index (χ4n) is 2.54. The molecule has 21 heavy (non-hydrogen) atoms. The van der Waals surface area contributed by atoms with Gasteiger partial charge >= 0.3 is 0 Å². The molecule has 1 fully saturated rings. The Hall–Kier alpha value is -1.10. The predicted octanol–water partition coefficient (Wildman–Crippen LogP) is 2.22. The Bertz CT molecular complexity index is 450. The number of ether oxygens (including phenoxy) is 1. The zero-order valence-corrected chi connectivity index (χ0v) is 13.3. The predicted molar refractivity (Wildman–Crippen MR) is 84.8 cm³/mol. The molecule has 116 valence electrons. The van der Waals surface area contributed by atoms with Crippen LogP contribution in [0.3, 0.4) is 0 Å². The molecule has 1 aliphatic heterocycles. The molecule has 0 aliphatic carbocycles. The maximum atomic E-state index is 12.5. The van der Waals surface area contributed by atoms with E-state index in [9.17, 15) is 4.79 Å².